The van der Waals surface area contributed by atoms with Crippen LogP contribution in [0.4, 0.5) is 0 Å². The van der Waals surface area contributed by atoms with Crippen LogP contribution in [-0.4, -0.2) is 26.3 Å². The first kappa shape index (κ1) is 11.0. The first-order chi connectivity index (χ1) is 6.31. The van der Waals surface area contributed by atoms with Crippen molar-refractivity contribution in [3.8, 4) is 0 Å². The van der Waals surface area contributed by atoms with Crippen LogP contribution in [0.3, 0.4) is 0 Å². The molecule has 0 heterocycles. The summed E-state index contributed by atoms with van der Waals surface area (Å²) >= 11 is 0. The molecular formula is C11H23NO. The molecule has 0 aromatic heterocycles. The molecule has 0 radical (unpaired) electrons. The van der Waals surface area contributed by atoms with Gasteiger partial charge in [-0.15, -0.1) is 0 Å². The van der Waals surface area contributed by atoms with E-state index in [4.69, 9.17) is 4.74 Å². The van der Waals surface area contributed by atoms with Crippen molar-refractivity contribution in [1.82, 2.24) is 5.32 Å². The Morgan fingerprint density at radius 1 is 1.31 bits per heavy atom. The highest BCUT2D eigenvalue weighted by Crippen LogP contribution is 2.29. The molecule has 1 rings (SSSR count). The third-order valence-corrected chi connectivity index (χ3v) is 3.43. The maximum atomic E-state index is 5.37. The predicted molar refractivity (Wildman–Crippen MR) is 55.9 cm³/mol. The fourth-order valence-corrected chi connectivity index (χ4v) is 2.50. The second kappa shape index (κ2) is 5.61. The third-order valence-electron chi connectivity index (χ3n) is 3.43. The van der Waals surface area contributed by atoms with E-state index in [2.05, 4.69) is 19.3 Å². The summed E-state index contributed by atoms with van der Waals surface area (Å²) in [7, 11) is 3.91. The fraction of sp³-hybridized carbons (Fsp3) is 1.00. The molecule has 0 bridgehead atoms. The molecule has 1 aliphatic carbocycles. The Bertz CT molecular complexity index is 126. The van der Waals surface area contributed by atoms with Crippen LogP contribution >= 0.6 is 0 Å². The molecule has 78 valence electrons. The van der Waals surface area contributed by atoms with Crippen LogP contribution < -0.4 is 5.32 Å². The van der Waals surface area contributed by atoms with Crippen molar-refractivity contribution >= 4 is 0 Å². The number of rotatable bonds is 4. The van der Waals surface area contributed by atoms with E-state index in [-0.39, 0.29) is 0 Å². The van der Waals surface area contributed by atoms with Crippen molar-refractivity contribution < 1.29 is 4.74 Å². The molecule has 0 aromatic rings. The Labute approximate surface area is 82.0 Å². The summed E-state index contributed by atoms with van der Waals surface area (Å²) in [5, 5.41) is 3.41. The molecule has 0 spiro atoms. The average molecular weight is 185 g/mol. The summed E-state index contributed by atoms with van der Waals surface area (Å²) < 4.78 is 5.37. The minimum atomic E-state index is 0.533. The van der Waals surface area contributed by atoms with E-state index in [0.717, 1.165) is 12.0 Å². The predicted octanol–water partition coefficient (Wildman–Crippen LogP) is 2.19. The van der Waals surface area contributed by atoms with E-state index < -0.39 is 0 Å². The van der Waals surface area contributed by atoms with E-state index in [1.165, 1.54) is 32.1 Å². The van der Waals surface area contributed by atoms with Gasteiger partial charge in [0.15, 0.2) is 0 Å². The first-order valence-electron chi connectivity index (χ1n) is 5.51. The van der Waals surface area contributed by atoms with Crippen LogP contribution in [0.1, 0.15) is 39.0 Å². The monoisotopic (exact) mass is 185 g/mol. The maximum absolute atomic E-state index is 5.37. The van der Waals surface area contributed by atoms with Gasteiger partial charge in [-0.25, -0.2) is 0 Å². The maximum Gasteiger partial charge on any atom is 0.0571 e. The van der Waals surface area contributed by atoms with Crippen LogP contribution in [0, 0.1) is 5.92 Å². The molecular weight excluding hydrogens is 162 g/mol. The summed E-state index contributed by atoms with van der Waals surface area (Å²) in [5.74, 6) is 0.876. The quantitative estimate of drug-likeness (QED) is 0.725. The van der Waals surface area contributed by atoms with Gasteiger partial charge in [-0.05, 0) is 45.1 Å². The van der Waals surface area contributed by atoms with Crippen LogP contribution in [-0.2, 0) is 4.74 Å². The SMILES string of the molecule is CCC(NC)C1CCC(OC)CC1. The van der Waals surface area contributed by atoms with E-state index in [9.17, 15) is 0 Å². The topological polar surface area (TPSA) is 21.3 Å². The van der Waals surface area contributed by atoms with Gasteiger partial charge in [-0.2, -0.15) is 0 Å². The molecule has 13 heavy (non-hydrogen) atoms. The van der Waals surface area contributed by atoms with E-state index in [1.54, 1.807) is 0 Å². The zero-order valence-corrected chi connectivity index (χ0v) is 9.18. The standard InChI is InChI=1S/C11H23NO/c1-4-11(12-2)9-5-7-10(13-3)8-6-9/h9-12H,4-8H2,1-3H3. The molecule has 1 aliphatic rings. The van der Waals surface area contributed by atoms with Gasteiger partial charge in [0.05, 0.1) is 6.10 Å². The second-order valence-corrected chi connectivity index (χ2v) is 4.08. The van der Waals surface area contributed by atoms with Crippen LogP contribution in [0.5, 0.6) is 0 Å². The number of nitrogens with one attached hydrogen (secondary N) is 1. The van der Waals surface area contributed by atoms with Crippen molar-refractivity contribution in [1.29, 1.82) is 0 Å². The van der Waals surface area contributed by atoms with Crippen molar-refractivity contribution in [2.45, 2.75) is 51.2 Å². The van der Waals surface area contributed by atoms with Crippen LogP contribution in [0.25, 0.3) is 0 Å². The minimum absolute atomic E-state index is 0.533. The number of hydrogen-bond acceptors (Lipinski definition) is 2. The lowest BCUT2D eigenvalue weighted by molar-refractivity contribution is 0.0506. The first-order valence-corrected chi connectivity index (χ1v) is 5.51. The van der Waals surface area contributed by atoms with Crippen LogP contribution in [0.15, 0.2) is 0 Å². The van der Waals surface area contributed by atoms with E-state index in [1.807, 2.05) is 7.11 Å². The molecule has 2 heteroatoms. The van der Waals surface area contributed by atoms with Gasteiger partial charge in [0, 0.05) is 13.2 Å². The highest BCUT2D eigenvalue weighted by atomic mass is 16.5. The zero-order chi connectivity index (χ0) is 9.68. The van der Waals surface area contributed by atoms with Crippen molar-refractivity contribution in [3.05, 3.63) is 0 Å². The lowest BCUT2D eigenvalue weighted by atomic mass is 9.81. The van der Waals surface area contributed by atoms with Gasteiger partial charge in [-0.1, -0.05) is 6.92 Å². The number of methoxy groups -OCH3 is 1. The lowest BCUT2D eigenvalue weighted by Crippen LogP contribution is -2.36. The molecule has 0 aliphatic heterocycles. The van der Waals surface area contributed by atoms with Gasteiger partial charge in [0.1, 0.15) is 0 Å². The summed E-state index contributed by atoms with van der Waals surface area (Å²) in [5.41, 5.74) is 0. The number of hydrogen-bond donors (Lipinski definition) is 1. The second-order valence-electron chi connectivity index (χ2n) is 4.08. The molecule has 2 nitrogen and oxygen atoms in total. The van der Waals surface area contributed by atoms with Crippen molar-refractivity contribution in [2.75, 3.05) is 14.2 Å². The summed E-state index contributed by atoms with van der Waals surface area (Å²) in [4.78, 5) is 0. The Hall–Kier alpha value is -0.0800. The highest BCUT2D eigenvalue weighted by Gasteiger charge is 2.25. The highest BCUT2D eigenvalue weighted by molar-refractivity contribution is 4.80. The lowest BCUT2D eigenvalue weighted by Gasteiger charge is -2.32. The van der Waals surface area contributed by atoms with Crippen molar-refractivity contribution in [2.24, 2.45) is 5.92 Å². The molecule has 0 aromatic carbocycles. The molecule has 1 saturated carbocycles. The summed E-state index contributed by atoms with van der Waals surface area (Å²) in [6.45, 7) is 2.27. The van der Waals surface area contributed by atoms with Gasteiger partial charge in [-0.3, -0.25) is 0 Å². The molecule has 1 atom stereocenters. The van der Waals surface area contributed by atoms with Crippen LogP contribution in [0.2, 0.25) is 0 Å². The molecule has 0 saturated heterocycles. The van der Waals surface area contributed by atoms with Gasteiger partial charge < -0.3 is 10.1 Å². The fourth-order valence-electron chi connectivity index (χ4n) is 2.50. The summed E-state index contributed by atoms with van der Waals surface area (Å²) in [6.07, 6.45) is 6.94. The Morgan fingerprint density at radius 3 is 2.31 bits per heavy atom. The molecule has 1 unspecified atom stereocenters. The minimum Gasteiger partial charge on any atom is -0.381 e. The number of ether oxygens (including phenoxy) is 1. The largest absolute Gasteiger partial charge is 0.381 e. The smallest absolute Gasteiger partial charge is 0.0571 e. The van der Waals surface area contributed by atoms with E-state index in [0.29, 0.717) is 6.10 Å². The van der Waals surface area contributed by atoms with Crippen molar-refractivity contribution in [3.63, 3.8) is 0 Å². The Morgan fingerprint density at radius 2 is 1.92 bits per heavy atom. The molecule has 1 N–H and O–H groups in total. The molecule has 0 amide bonds. The summed E-state index contributed by atoms with van der Waals surface area (Å²) in [6, 6.07) is 0.720. The Kier molecular flexibility index (Phi) is 4.74. The molecule has 1 fully saturated rings. The normalized spacial score (nSPS) is 31.6. The van der Waals surface area contributed by atoms with Gasteiger partial charge >= 0.3 is 0 Å². The van der Waals surface area contributed by atoms with E-state index >= 15 is 0 Å². The van der Waals surface area contributed by atoms with Gasteiger partial charge in [0.2, 0.25) is 0 Å². The van der Waals surface area contributed by atoms with Gasteiger partial charge in [0.25, 0.3) is 0 Å². The average Bonchev–Trinajstić information content (AvgIpc) is 2.21. The third kappa shape index (κ3) is 2.96. The zero-order valence-electron chi connectivity index (χ0n) is 9.18. The Balaban J connectivity index is 2.30.